The maximum Gasteiger partial charge on any atom is 0.251 e. The van der Waals surface area contributed by atoms with Gasteiger partial charge in [0.25, 0.3) is 5.91 Å². The van der Waals surface area contributed by atoms with Gasteiger partial charge in [0, 0.05) is 17.0 Å². The van der Waals surface area contributed by atoms with Crippen LogP contribution in [0, 0.1) is 0 Å². The van der Waals surface area contributed by atoms with E-state index in [9.17, 15) is 4.79 Å². The highest BCUT2D eigenvalue weighted by molar-refractivity contribution is 6.40. The Hall–Kier alpha value is -3.52. The van der Waals surface area contributed by atoms with Gasteiger partial charge in [-0.25, -0.2) is 0 Å². The van der Waals surface area contributed by atoms with Crippen LogP contribution in [0.25, 0.3) is 10.9 Å². The first-order valence-corrected chi connectivity index (χ1v) is 9.99. The maximum atomic E-state index is 12.5. The van der Waals surface area contributed by atoms with Crippen LogP contribution in [0.5, 0.6) is 0 Å². The van der Waals surface area contributed by atoms with Gasteiger partial charge in [-0.05, 0) is 63.3 Å². The van der Waals surface area contributed by atoms with E-state index < -0.39 is 0 Å². The van der Waals surface area contributed by atoms with Gasteiger partial charge in [0.05, 0.1) is 17.4 Å². The number of fused-ring (bicyclic) bond motifs is 1. The molecule has 3 aromatic rings. The number of hydrazone groups is 1. The molecule has 0 saturated carbocycles. The summed E-state index contributed by atoms with van der Waals surface area (Å²) in [5, 5.41) is 15.1. The van der Waals surface area contributed by atoms with Crippen molar-refractivity contribution < 1.29 is 4.79 Å². The highest BCUT2D eigenvalue weighted by atomic mass is 16.1. The van der Waals surface area contributed by atoms with Gasteiger partial charge < -0.3 is 16.1 Å². The summed E-state index contributed by atoms with van der Waals surface area (Å²) in [6, 6.07) is 15.1. The van der Waals surface area contributed by atoms with Gasteiger partial charge in [-0.1, -0.05) is 18.2 Å². The zero-order valence-corrected chi connectivity index (χ0v) is 16.9. The molecule has 1 amide bonds. The highest BCUT2D eigenvalue weighted by Gasteiger charge is 2.19. The standard InChI is InChI=1S/C22H25N7O/c1-29-12-10-17(11-13-29)25-22(30)15-6-8-16(9-7-15)24-14-20(26-23)21-18-4-2-3-5-19(18)27-28-21/h2-9,14,17H,10-13,23H2,1H3,(H,25,30)(H,27,28). The Bertz CT molecular complexity index is 1080. The van der Waals surface area contributed by atoms with E-state index in [4.69, 9.17) is 5.84 Å². The summed E-state index contributed by atoms with van der Waals surface area (Å²) in [5.74, 6) is 5.52. The van der Waals surface area contributed by atoms with Gasteiger partial charge in [0.1, 0.15) is 11.4 Å². The number of nitrogens with one attached hydrogen (secondary N) is 2. The number of amides is 1. The lowest BCUT2D eigenvalue weighted by molar-refractivity contribution is 0.0917. The number of carbonyl (C=O) groups is 1. The Balaban J connectivity index is 1.42. The second-order valence-corrected chi connectivity index (χ2v) is 7.49. The average Bonchev–Trinajstić information content (AvgIpc) is 3.20. The van der Waals surface area contributed by atoms with Crippen molar-refractivity contribution in [2.75, 3.05) is 20.1 Å². The highest BCUT2D eigenvalue weighted by Crippen LogP contribution is 2.17. The number of para-hydroxylation sites is 1. The number of aliphatic imine (C=N–C) groups is 1. The van der Waals surface area contributed by atoms with Crippen molar-refractivity contribution in [1.82, 2.24) is 20.4 Å². The summed E-state index contributed by atoms with van der Waals surface area (Å²) < 4.78 is 0. The minimum atomic E-state index is -0.0488. The fourth-order valence-electron chi connectivity index (χ4n) is 3.57. The number of H-pyrrole nitrogens is 1. The molecule has 2 heterocycles. The Morgan fingerprint density at radius 2 is 1.93 bits per heavy atom. The molecule has 0 atom stereocenters. The van der Waals surface area contributed by atoms with E-state index in [2.05, 4.69) is 37.6 Å². The first kappa shape index (κ1) is 19.8. The van der Waals surface area contributed by atoms with Crippen LogP contribution in [0.15, 0.2) is 58.6 Å². The van der Waals surface area contributed by atoms with Crippen LogP contribution in [-0.2, 0) is 0 Å². The SMILES string of the molecule is CN1CCC(NC(=O)c2ccc(N=CC(=NN)c3n[nH]c4ccccc34)cc2)CC1. The summed E-state index contributed by atoms with van der Waals surface area (Å²) in [4.78, 5) is 19.2. The molecule has 0 aliphatic carbocycles. The second kappa shape index (κ2) is 8.87. The van der Waals surface area contributed by atoms with Crippen LogP contribution in [0.1, 0.15) is 28.9 Å². The topological polar surface area (TPSA) is 112 Å². The van der Waals surface area contributed by atoms with Gasteiger partial charge in [-0.3, -0.25) is 14.9 Å². The minimum Gasteiger partial charge on any atom is -0.349 e. The first-order valence-electron chi connectivity index (χ1n) is 9.99. The molecular formula is C22H25N7O. The molecule has 0 spiro atoms. The monoisotopic (exact) mass is 403 g/mol. The Kier molecular flexibility index (Phi) is 5.85. The number of likely N-dealkylation sites (tertiary alicyclic amines) is 1. The molecule has 0 bridgehead atoms. The minimum absolute atomic E-state index is 0.0488. The summed E-state index contributed by atoms with van der Waals surface area (Å²) in [6.07, 6.45) is 3.54. The lowest BCUT2D eigenvalue weighted by atomic mass is 10.0. The Morgan fingerprint density at radius 3 is 2.67 bits per heavy atom. The zero-order valence-electron chi connectivity index (χ0n) is 16.9. The van der Waals surface area contributed by atoms with E-state index in [-0.39, 0.29) is 11.9 Å². The molecule has 1 saturated heterocycles. The van der Waals surface area contributed by atoms with Gasteiger partial charge in [0.2, 0.25) is 0 Å². The smallest absolute Gasteiger partial charge is 0.251 e. The van der Waals surface area contributed by atoms with Crippen LogP contribution in [0.4, 0.5) is 5.69 Å². The fourth-order valence-corrected chi connectivity index (χ4v) is 3.57. The first-order chi connectivity index (χ1) is 14.6. The normalized spacial score (nSPS) is 16.4. The molecule has 8 heteroatoms. The van der Waals surface area contributed by atoms with Crippen LogP contribution < -0.4 is 11.2 Å². The molecule has 1 aliphatic heterocycles. The van der Waals surface area contributed by atoms with Crippen molar-refractivity contribution in [2.45, 2.75) is 18.9 Å². The number of nitrogens with two attached hydrogens (primary N) is 1. The van der Waals surface area contributed by atoms with Gasteiger partial charge in [-0.2, -0.15) is 10.2 Å². The molecule has 4 N–H and O–H groups in total. The number of aromatic nitrogens is 2. The lowest BCUT2D eigenvalue weighted by Gasteiger charge is -2.29. The second-order valence-electron chi connectivity index (χ2n) is 7.49. The molecule has 30 heavy (non-hydrogen) atoms. The predicted molar refractivity (Wildman–Crippen MR) is 119 cm³/mol. The summed E-state index contributed by atoms with van der Waals surface area (Å²) in [6.45, 7) is 2.02. The molecule has 1 aliphatic rings. The number of rotatable bonds is 5. The van der Waals surface area contributed by atoms with E-state index in [0.717, 1.165) is 36.8 Å². The Labute approximate surface area is 174 Å². The van der Waals surface area contributed by atoms with Crippen LogP contribution in [0.3, 0.4) is 0 Å². The number of carbonyl (C=O) groups excluding carboxylic acids is 1. The molecule has 0 unspecified atom stereocenters. The van der Waals surface area contributed by atoms with Crippen molar-refractivity contribution in [3.05, 3.63) is 59.8 Å². The number of aromatic amines is 1. The van der Waals surface area contributed by atoms with E-state index in [0.29, 0.717) is 22.7 Å². The molecule has 0 radical (unpaired) electrons. The third-order valence-corrected chi connectivity index (χ3v) is 5.37. The molecule has 1 fully saturated rings. The van der Waals surface area contributed by atoms with Gasteiger partial charge in [-0.15, -0.1) is 0 Å². The van der Waals surface area contributed by atoms with E-state index in [1.54, 1.807) is 30.5 Å². The number of piperidine rings is 1. The summed E-state index contributed by atoms with van der Waals surface area (Å²) >= 11 is 0. The van der Waals surface area contributed by atoms with E-state index >= 15 is 0 Å². The van der Waals surface area contributed by atoms with Crippen LogP contribution in [-0.4, -0.2) is 59.1 Å². The molecule has 8 nitrogen and oxygen atoms in total. The maximum absolute atomic E-state index is 12.5. The van der Waals surface area contributed by atoms with Crippen LogP contribution in [0.2, 0.25) is 0 Å². The quantitative estimate of drug-likeness (QED) is 0.345. The predicted octanol–water partition coefficient (Wildman–Crippen LogP) is 2.45. The van der Waals surface area contributed by atoms with E-state index in [1.807, 2.05) is 24.3 Å². The molecule has 4 rings (SSSR count). The third-order valence-electron chi connectivity index (χ3n) is 5.37. The van der Waals surface area contributed by atoms with Gasteiger partial charge in [0.15, 0.2) is 0 Å². The number of benzene rings is 2. The summed E-state index contributed by atoms with van der Waals surface area (Å²) in [7, 11) is 2.10. The van der Waals surface area contributed by atoms with Gasteiger partial charge >= 0.3 is 0 Å². The molecule has 2 aromatic carbocycles. The third kappa shape index (κ3) is 4.38. The number of hydrogen-bond donors (Lipinski definition) is 3. The van der Waals surface area contributed by atoms with Crippen LogP contribution >= 0.6 is 0 Å². The Morgan fingerprint density at radius 1 is 1.20 bits per heavy atom. The number of nitrogens with zero attached hydrogens (tertiary/aromatic N) is 4. The van der Waals surface area contributed by atoms with Crippen molar-refractivity contribution in [3.63, 3.8) is 0 Å². The van der Waals surface area contributed by atoms with Crippen molar-refractivity contribution in [3.8, 4) is 0 Å². The van der Waals surface area contributed by atoms with E-state index in [1.165, 1.54) is 0 Å². The molecule has 154 valence electrons. The van der Waals surface area contributed by atoms with Crippen molar-refractivity contribution >= 4 is 34.4 Å². The largest absolute Gasteiger partial charge is 0.349 e. The average molecular weight is 403 g/mol. The lowest BCUT2D eigenvalue weighted by Crippen LogP contribution is -2.43. The fraction of sp³-hybridized carbons (Fsp3) is 0.273. The van der Waals surface area contributed by atoms with Crippen molar-refractivity contribution in [1.29, 1.82) is 0 Å². The zero-order chi connectivity index (χ0) is 20.9. The van der Waals surface area contributed by atoms with Crippen molar-refractivity contribution in [2.24, 2.45) is 15.9 Å². The summed E-state index contributed by atoms with van der Waals surface area (Å²) in [5.41, 5.74) is 3.34. The molecule has 1 aromatic heterocycles. The number of hydrogen-bond acceptors (Lipinski definition) is 6. The molecular weight excluding hydrogens is 378 g/mol.